The number of ether oxygens (including phenoxy) is 2. The van der Waals surface area contributed by atoms with Gasteiger partial charge in [-0.1, -0.05) is 0 Å². The van der Waals surface area contributed by atoms with E-state index in [4.69, 9.17) is 9.47 Å². The number of hydrogen-bond acceptors (Lipinski definition) is 8. The number of methoxy groups -OCH3 is 1. The van der Waals surface area contributed by atoms with Crippen LogP contribution in [0.15, 0.2) is 18.6 Å². The van der Waals surface area contributed by atoms with E-state index in [2.05, 4.69) is 30.2 Å². The summed E-state index contributed by atoms with van der Waals surface area (Å²) >= 11 is 0. The van der Waals surface area contributed by atoms with Gasteiger partial charge in [0.15, 0.2) is 0 Å². The van der Waals surface area contributed by atoms with E-state index in [9.17, 15) is 0 Å². The molecule has 0 aliphatic carbocycles. The Morgan fingerprint density at radius 2 is 2.19 bits per heavy atom. The molecule has 1 N–H and O–H groups in total. The van der Waals surface area contributed by atoms with Crippen molar-refractivity contribution in [2.24, 2.45) is 0 Å². The summed E-state index contributed by atoms with van der Waals surface area (Å²) in [6.45, 7) is 3.31. The van der Waals surface area contributed by atoms with Crippen LogP contribution in [-0.4, -0.2) is 59.4 Å². The highest BCUT2D eigenvalue weighted by Gasteiger charge is 2.21. The quantitative estimate of drug-likeness (QED) is 0.862. The molecule has 4 heterocycles. The first kappa shape index (κ1) is 17.0. The zero-order chi connectivity index (χ0) is 17.8. The summed E-state index contributed by atoms with van der Waals surface area (Å²) < 4.78 is 10.9. The summed E-state index contributed by atoms with van der Waals surface area (Å²) in [5, 5.41) is 3.47. The predicted molar refractivity (Wildman–Crippen MR) is 97.7 cm³/mol. The van der Waals surface area contributed by atoms with Gasteiger partial charge in [-0.2, -0.15) is 4.98 Å². The number of hydrogen-bond donors (Lipinski definition) is 1. The first-order valence-electron chi connectivity index (χ1n) is 9.13. The number of nitrogens with one attached hydrogen (secondary N) is 1. The molecule has 2 aliphatic rings. The normalized spacial score (nSPS) is 19.7. The second-order valence-corrected chi connectivity index (χ2v) is 6.55. The van der Waals surface area contributed by atoms with Gasteiger partial charge in [0.05, 0.1) is 18.9 Å². The van der Waals surface area contributed by atoms with Crippen LogP contribution >= 0.6 is 0 Å². The number of rotatable bonds is 5. The molecule has 138 valence electrons. The van der Waals surface area contributed by atoms with Gasteiger partial charge in [-0.3, -0.25) is 0 Å². The maximum Gasteiger partial charge on any atom is 0.228 e. The zero-order valence-electron chi connectivity index (χ0n) is 15.0. The van der Waals surface area contributed by atoms with Crippen LogP contribution in [0, 0.1) is 0 Å². The maximum absolute atomic E-state index is 5.70. The van der Waals surface area contributed by atoms with Crippen molar-refractivity contribution in [2.45, 2.75) is 31.8 Å². The van der Waals surface area contributed by atoms with E-state index in [0.717, 1.165) is 63.4 Å². The SMILES string of the molecule is COc1ccnc(N2CCc3ncnc(NC[C@@H]4CCCO4)c3CC2)n1. The summed E-state index contributed by atoms with van der Waals surface area (Å²) in [6.07, 6.45) is 7.61. The van der Waals surface area contributed by atoms with Crippen LogP contribution < -0.4 is 15.0 Å². The third kappa shape index (κ3) is 3.70. The fourth-order valence-corrected chi connectivity index (χ4v) is 3.49. The monoisotopic (exact) mass is 356 g/mol. The summed E-state index contributed by atoms with van der Waals surface area (Å²) in [5.74, 6) is 2.20. The van der Waals surface area contributed by atoms with E-state index >= 15 is 0 Å². The van der Waals surface area contributed by atoms with E-state index < -0.39 is 0 Å². The van der Waals surface area contributed by atoms with E-state index in [0.29, 0.717) is 11.8 Å². The fraction of sp³-hybridized carbons (Fsp3) is 0.556. The van der Waals surface area contributed by atoms with Gasteiger partial charge < -0.3 is 19.7 Å². The Morgan fingerprint density at radius 3 is 3.04 bits per heavy atom. The lowest BCUT2D eigenvalue weighted by Gasteiger charge is -2.20. The Hall–Kier alpha value is -2.48. The van der Waals surface area contributed by atoms with Gasteiger partial charge in [0.2, 0.25) is 11.8 Å². The second-order valence-electron chi connectivity index (χ2n) is 6.55. The van der Waals surface area contributed by atoms with Crippen molar-refractivity contribution in [1.82, 2.24) is 19.9 Å². The highest BCUT2D eigenvalue weighted by Crippen LogP contribution is 2.23. The van der Waals surface area contributed by atoms with Crippen LogP contribution in [0.3, 0.4) is 0 Å². The van der Waals surface area contributed by atoms with Gasteiger partial charge in [0.25, 0.3) is 0 Å². The summed E-state index contributed by atoms with van der Waals surface area (Å²) in [5.41, 5.74) is 2.29. The lowest BCUT2D eigenvalue weighted by molar-refractivity contribution is 0.120. The minimum Gasteiger partial charge on any atom is -0.481 e. The molecule has 0 radical (unpaired) electrons. The topological polar surface area (TPSA) is 85.3 Å². The molecule has 8 nitrogen and oxygen atoms in total. The molecule has 2 aromatic rings. The molecule has 0 amide bonds. The molecule has 0 spiro atoms. The molecule has 1 saturated heterocycles. The molecule has 2 aromatic heterocycles. The molecular formula is C18H24N6O2. The molecule has 1 atom stereocenters. The molecule has 1 fully saturated rings. The van der Waals surface area contributed by atoms with Crippen LogP contribution in [0.2, 0.25) is 0 Å². The smallest absolute Gasteiger partial charge is 0.228 e. The number of fused-ring (bicyclic) bond motifs is 1. The average molecular weight is 356 g/mol. The third-order valence-electron chi connectivity index (χ3n) is 4.92. The van der Waals surface area contributed by atoms with Gasteiger partial charge in [0.1, 0.15) is 12.1 Å². The van der Waals surface area contributed by atoms with Gasteiger partial charge in [-0.25, -0.2) is 15.0 Å². The third-order valence-corrected chi connectivity index (χ3v) is 4.92. The highest BCUT2D eigenvalue weighted by molar-refractivity contribution is 5.48. The van der Waals surface area contributed by atoms with Crippen LogP contribution in [-0.2, 0) is 17.6 Å². The van der Waals surface area contributed by atoms with Crippen molar-refractivity contribution in [3.8, 4) is 5.88 Å². The van der Waals surface area contributed by atoms with E-state index in [-0.39, 0.29) is 6.10 Å². The molecule has 2 aliphatic heterocycles. The maximum atomic E-state index is 5.70. The number of anilines is 2. The molecule has 0 saturated carbocycles. The van der Waals surface area contributed by atoms with Crippen LogP contribution in [0.5, 0.6) is 5.88 Å². The Kier molecular flexibility index (Phi) is 5.10. The van der Waals surface area contributed by atoms with Crippen LogP contribution in [0.4, 0.5) is 11.8 Å². The molecule has 0 bridgehead atoms. The van der Waals surface area contributed by atoms with E-state index in [1.807, 2.05) is 0 Å². The van der Waals surface area contributed by atoms with Crippen molar-refractivity contribution >= 4 is 11.8 Å². The zero-order valence-corrected chi connectivity index (χ0v) is 15.0. The van der Waals surface area contributed by atoms with Crippen LogP contribution in [0.25, 0.3) is 0 Å². The lowest BCUT2D eigenvalue weighted by atomic mass is 10.1. The van der Waals surface area contributed by atoms with Gasteiger partial charge in [-0.15, -0.1) is 0 Å². The Bertz CT molecular complexity index is 750. The van der Waals surface area contributed by atoms with E-state index in [1.165, 1.54) is 5.56 Å². The molecule has 4 rings (SSSR count). The first-order valence-corrected chi connectivity index (χ1v) is 9.13. The second kappa shape index (κ2) is 7.82. The molecule has 26 heavy (non-hydrogen) atoms. The van der Waals surface area contributed by atoms with Crippen molar-refractivity contribution < 1.29 is 9.47 Å². The van der Waals surface area contributed by atoms with Crippen molar-refractivity contribution in [3.63, 3.8) is 0 Å². The summed E-state index contributed by atoms with van der Waals surface area (Å²) in [7, 11) is 1.62. The largest absolute Gasteiger partial charge is 0.481 e. The summed E-state index contributed by atoms with van der Waals surface area (Å²) in [6, 6.07) is 1.76. The summed E-state index contributed by atoms with van der Waals surface area (Å²) in [4.78, 5) is 20.0. The van der Waals surface area contributed by atoms with Crippen molar-refractivity contribution in [3.05, 3.63) is 29.8 Å². The highest BCUT2D eigenvalue weighted by atomic mass is 16.5. The Morgan fingerprint density at radius 1 is 1.27 bits per heavy atom. The minimum atomic E-state index is 0.285. The van der Waals surface area contributed by atoms with Crippen molar-refractivity contribution in [2.75, 3.05) is 43.6 Å². The van der Waals surface area contributed by atoms with Gasteiger partial charge in [-0.05, 0) is 19.3 Å². The van der Waals surface area contributed by atoms with Gasteiger partial charge >= 0.3 is 0 Å². The first-order chi connectivity index (χ1) is 12.8. The van der Waals surface area contributed by atoms with Gasteiger partial charge in [0, 0.05) is 50.5 Å². The molecular weight excluding hydrogens is 332 g/mol. The lowest BCUT2D eigenvalue weighted by Crippen LogP contribution is -2.28. The predicted octanol–water partition coefficient (Wildman–Crippen LogP) is 1.47. The standard InChI is InChI=1S/C18H24N6O2/c1-25-16-4-7-19-18(23-16)24-8-5-14-15(6-9-24)21-12-22-17(14)20-11-13-3-2-10-26-13/h4,7,12-13H,2-3,5-6,8-11H2,1H3,(H,20,21,22)/t13-/m0/s1. The minimum absolute atomic E-state index is 0.285. The number of nitrogens with zero attached hydrogens (tertiary/aromatic N) is 5. The molecule has 8 heteroatoms. The fourth-order valence-electron chi connectivity index (χ4n) is 3.49. The molecule has 0 unspecified atom stereocenters. The Balaban J connectivity index is 1.47. The van der Waals surface area contributed by atoms with Crippen molar-refractivity contribution in [1.29, 1.82) is 0 Å². The van der Waals surface area contributed by atoms with Crippen LogP contribution in [0.1, 0.15) is 24.1 Å². The molecule has 0 aromatic carbocycles. The van der Waals surface area contributed by atoms with E-state index in [1.54, 1.807) is 25.7 Å². The Labute approximate surface area is 153 Å². The number of aromatic nitrogens is 4. The average Bonchev–Trinajstić information content (AvgIpc) is 3.11.